The molecule has 0 fully saturated rings. The van der Waals surface area contributed by atoms with Gasteiger partial charge in [-0.05, 0) is 47.9 Å². The average molecular weight is 516 g/mol. The van der Waals surface area contributed by atoms with Gasteiger partial charge in [-0.3, -0.25) is 19.5 Å². The van der Waals surface area contributed by atoms with Crippen molar-refractivity contribution in [1.29, 1.82) is 0 Å². The minimum absolute atomic E-state index is 0.169. The number of hydrogen-bond acceptors (Lipinski definition) is 8. The predicted molar refractivity (Wildman–Crippen MR) is 139 cm³/mol. The number of ether oxygens (including phenoxy) is 1. The molecule has 1 atom stereocenters. The average Bonchev–Trinajstić information content (AvgIpc) is 3.18. The van der Waals surface area contributed by atoms with Crippen LogP contribution in [-0.2, 0) is 9.53 Å². The van der Waals surface area contributed by atoms with Gasteiger partial charge in [0.2, 0.25) is 0 Å². The summed E-state index contributed by atoms with van der Waals surface area (Å²) in [5.41, 5.74) is 0.991. The van der Waals surface area contributed by atoms with E-state index in [4.69, 9.17) is 4.74 Å². The molecular weight excluding hydrogens is 494 g/mol. The second-order valence-electron chi connectivity index (χ2n) is 8.38. The number of phenols is 1. The van der Waals surface area contributed by atoms with E-state index in [0.717, 1.165) is 27.7 Å². The molecule has 5 rings (SSSR count). The lowest BCUT2D eigenvalue weighted by molar-refractivity contribution is -0.385. The Morgan fingerprint density at radius 1 is 1.22 bits per heavy atom. The van der Waals surface area contributed by atoms with Gasteiger partial charge in [-0.25, -0.2) is 9.79 Å². The zero-order valence-corrected chi connectivity index (χ0v) is 20.7. The summed E-state index contributed by atoms with van der Waals surface area (Å²) in [5, 5.41) is 22.9. The van der Waals surface area contributed by atoms with Crippen molar-refractivity contribution in [3.8, 4) is 5.75 Å². The molecule has 0 saturated heterocycles. The summed E-state index contributed by atoms with van der Waals surface area (Å²) in [6.07, 6.45) is 1.51. The highest BCUT2D eigenvalue weighted by atomic mass is 32.1. The highest BCUT2D eigenvalue weighted by Gasteiger charge is 2.34. The lowest BCUT2D eigenvalue weighted by Gasteiger charge is -2.25. The number of aromatic hydroxyl groups is 1. The molecule has 3 aromatic carbocycles. The molecule has 0 saturated carbocycles. The van der Waals surface area contributed by atoms with Gasteiger partial charge < -0.3 is 9.84 Å². The fourth-order valence-corrected chi connectivity index (χ4v) is 5.55. The number of rotatable bonds is 5. The zero-order valence-electron chi connectivity index (χ0n) is 19.9. The molecule has 37 heavy (non-hydrogen) atoms. The zero-order chi connectivity index (χ0) is 26.3. The number of phenolic OH excluding ortho intramolecular Hbond substituents is 1. The van der Waals surface area contributed by atoms with E-state index in [9.17, 15) is 24.8 Å². The van der Waals surface area contributed by atoms with E-state index < -0.39 is 33.9 Å². The Morgan fingerprint density at radius 2 is 1.97 bits per heavy atom. The van der Waals surface area contributed by atoms with Gasteiger partial charge in [0, 0.05) is 6.07 Å². The number of carbonyl (C=O) groups is 1. The molecule has 1 aromatic heterocycles. The number of aromatic nitrogens is 1. The number of carbonyl (C=O) groups excluding carboxylic acids is 1. The molecule has 0 spiro atoms. The van der Waals surface area contributed by atoms with Crippen LogP contribution in [0.2, 0.25) is 0 Å². The summed E-state index contributed by atoms with van der Waals surface area (Å²) in [6, 6.07) is 16.5. The van der Waals surface area contributed by atoms with Crippen LogP contribution in [0, 0.1) is 10.1 Å². The maximum Gasteiger partial charge on any atom is 0.338 e. The van der Waals surface area contributed by atoms with Crippen LogP contribution in [-0.4, -0.2) is 27.2 Å². The standard InChI is InChI=1S/C27H21N3O6S/c1-3-36-26(33)23-15(2)28-27-29(24(23)19-10-6-8-17-7-4-5-9-18(17)19)25(32)22(37-27)14-16-11-12-21(31)20(13-16)30(34)35/h4-14,24,31H,3H2,1-2H3/b22-14-/t24-/m0/s1. The van der Waals surface area contributed by atoms with Gasteiger partial charge in [-0.2, -0.15) is 0 Å². The molecule has 0 bridgehead atoms. The summed E-state index contributed by atoms with van der Waals surface area (Å²) in [7, 11) is 0. The molecule has 0 radical (unpaired) electrons. The van der Waals surface area contributed by atoms with E-state index in [1.54, 1.807) is 13.8 Å². The number of nitrogens with zero attached hydrogens (tertiary/aromatic N) is 3. The topological polar surface area (TPSA) is 124 Å². The van der Waals surface area contributed by atoms with Crippen LogP contribution in [0.4, 0.5) is 5.69 Å². The molecule has 4 aromatic rings. The molecule has 186 valence electrons. The van der Waals surface area contributed by atoms with Crippen LogP contribution in [0.25, 0.3) is 16.8 Å². The third-order valence-electron chi connectivity index (χ3n) is 6.13. The summed E-state index contributed by atoms with van der Waals surface area (Å²) in [4.78, 5) is 42.4. The Balaban J connectivity index is 1.78. The molecule has 0 aliphatic carbocycles. The van der Waals surface area contributed by atoms with Crippen molar-refractivity contribution in [2.75, 3.05) is 6.61 Å². The lowest BCUT2D eigenvalue weighted by Crippen LogP contribution is -2.40. The van der Waals surface area contributed by atoms with Gasteiger partial charge in [0.15, 0.2) is 10.6 Å². The summed E-state index contributed by atoms with van der Waals surface area (Å²) in [6.45, 7) is 3.60. The van der Waals surface area contributed by atoms with E-state index in [2.05, 4.69) is 4.99 Å². The summed E-state index contributed by atoms with van der Waals surface area (Å²) >= 11 is 1.12. The normalized spacial score (nSPS) is 15.4. The van der Waals surface area contributed by atoms with E-state index >= 15 is 0 Å². The number of hydrogen-bond donors (Lipinski definition) is 1. The molecule has 2 heterocycles. The number of nitro benzene ring substituents is 1. The van der Waals surface area contributed by atoms with Crippen LogP contribution in [0.1, 0.15) is 31.0 Å². The highest BCUT2D eigenvalue weighted by Crippen LogP contribution is 2.35. The lowest BCUT2D eigenvalue weighted by atomic mass is 9.91. The van der Waals surface area contributed by atoms with Crippen LogP contribution < -0.4 is 14.9 Å². The van der Waals surface area contributed by atoms with Gasteiger partial charge in [0.25, 0.3) is 5.56 Å². The summed E-state index contributed by atoms with van der Waals surface area (Å²) < 4.78 is 7.11. The fraction of sp³-hybridized carbons (Fsp3) is 0.148. The highest BCUT2D eigenvalue weighted by molar-refractivity contribution is 7.07. The molecule has 0 amide bonds. The molecule has 9 nitrogen and oxygen atoms in total. The Bertz CT molecular complexity index is 1800. The molecule has 0 unspecified atom stereocenters. The third-order valence-corrected chi connectivity index (χ3v) is 7.11. The van der Waals surface area contributed by atoms with E-state index in [-0.39, 0.29) is 16.7 Å². The Morgan fingerprint density at radius 3 is 2.73 bits per heavy atom. The van der Waals surface area contributed by atoms with E-state index in [1.165, 1.54) is 28.8 Å². The number of benzene rings is 3. The predicted octanol–water partition coefficient (Wildman–Crippen LogP) is 3.57. The van der Waals surface area contributed by atoms with Crippen molar-refractivity contribution in [1.82, 2.24) is 4.57 Å². The van der Waals surface area contributed by atoms with Crippen molar-refractivity contribution < 1.29 is 19.6 Å². The van der Waals surface area contributed by atoms with Gasteiger partial charge in [-0.15, -0.1) is 0 Å². The van der Waals surface area contributed by atoms with Crippen LogP contribution in [0.3, 0.4) is 0 Å². The Hall–Kier alpha value is -4.57. The first kappa shape index (κ1) is 24.1. The Kier molecular flexibility index (Phi) is 6.18. The smallest absolute Gasteiger partial charge is 0.338 e. The number of esters is 1. The SMILES string of the molecule is CCOC(=O)C1=C(C)N=c2s/c(=C\c3ccc(O)c([N+](=O)[O-])c3)c(=O)n2[C@H]1c1cccc2ccccc12. The second-order valence-corrected chi connectivity index (χ2v) is 9.39. The van der Waals surface area contributed by atoms with Crippen molar-refractivity contribution >= 4 is 39.8 Å². The first-order valence-corrected chi connectivity index (χ1v) is 12.3. The maximum atomic E-state index is 13.8. The minimum Gasteiger partial charge on any atom is -0.502 e. The maximum absolute atomic E-state index is 13.8. The summed E-state index contributed by atoms with van der Waals surface area (Å²) in [5.74, 6) is -1.01. The van der Waals surface area contributed by atoms with E-state index in [1.807, 2.05) is 42.5 Å². The molecule has 1 N–H and O–H groups in total. The van der Waals surface area contributed by atoms with Crippen molar-refractivity contribution in [2.45, 2.75) is 19.9 Å². The van der Waals surface area contributed by atoms with Crippen LogP contribution in [0.15, 0.2) is 81.7 Å². The first-order valence-electron chi connectivity index (χ1n) is 11.4. The Labute approximate surface area is 214 Å². The van der Waals surface area contributed by atoms with Crippen LogP contribution >= 0.6 is 11.3 Å². The molecule has 10 heteroatoms. The quantitative estimate of drug-likeness (QED) is 0.246. The van der Waals surface area contributed by atoms with Crippen molar-refractivity contribution in [2.24, 2.45) is 4.99 Å². The second kappa shape index (κ2) is 9.47. The minimum atomic E-state index is -0.780. The van der Waals surface area contributed by atoms with Gasteiger partial charge in [-0.1, -0.05) is 59.9 Å². The van der Waals surface area contributed by atoms with Gasteiger partial charge in [0.05, 0.1) is 33.4 Å². The first-order chi connectivity index (χ1) is 17.8. The van der Waals surface area contributed by atoms with Crippen LogP contribution in [0.5, 0.6) is 5.75 Å². The van der Waals surface area contributed by atoms with E-state index in [0.29, 0.717) is 16.1 Å². The number of fused-ring (bicyclic) bond motifs is 2. The van der Waals surface area contributed by atoms with Crippen molar-refractivity contribution in [3.63, 3.8) is 0 Å². The largest absolute Gasteiger partial charge is 0.502 e. The van der Waals surface area contributed by atoms with Crippen molar-refractivity contribution in [3.05, 3.63) is 113 Å². The van der Waals surface area contributed by atoms with Gasteiger partial charge in [0.1, 0.15) is 0 Å². The molecule has 1 aliphatic heterocycles. The third kappa shape index (κ3) is 4.21. The number of nitro groups is 1. The fourth-order valence-electron chi connectivity index (χ4n) is 4.50. The van der Waals surface area contributed by atoms with Gasteiger partial charge >= 0.3 is 11.7 Å². The monoisotopic (exact) mass is 515 g/mol. The number of thiazole rings is 1. The molecular formula is C27H21N3O6S. The molecule has 1 aliphatic rings. The number of allylic oxidation sites excluding steroid dienone is 1.